The lowest BCUT2D eigenvalue weighted by Gasteiger charge is -2.28. The zero-order valence-electron chi connectivity index (χ0n) is 9.83. The summed E-state index contributed by atoms with van der Waals surface area (Å²) in [7, 11) is 3.71. The number of thiocarbonyl (C=S) groups is 1. The highest BCUT2D eigenvalue weighted by Gasteiger charge is 2.12. The van der Waals surface area contributed by atoms with Gasteiger partial charge in [0.25, 0.3) is 0 Å². The Morgan fingerprint density at radius 1 is 1.50 bits per heavy atom. The minimum absolute atomic E-state index is 0.263. The van der Waals surface area contributed by atoms with Gasteiger partial charge < -0.3 is 15.0 Å². The van der Waals surface area contributed by atoms with Crippen molar-refractivity contribution in [2.45, 2.75) is 39.3 Å². The second kappa shape index (κ2) is 7.01. The van der Waals surface area contributed by atoms with Crippen LogP contribution in [0.25, 0.3) is 0 Å². The summed E-state index contributed by atoms with van der Waals surface area (Å²) in [6.45, 7) is 7.05. The standard InChI is InChI=1S/C10H22N2OS/c1-6-9(3)12(4)10(14)11-8(2)7-13-5/h8-9H,6-7H2,1-5H3,(H,11,14). The summed E-state index contributed by atoms with van der Waals surface area (Å²) in [5.41, 5.74) is 0. The Labute approximate surface area is 92.8 Å². The van der Waals surface area contributed by atoms with E-state index in [1.807, 2.05) is 7.05 Å². The molecule has 0 spiro atoms. The third-order valence-corrected chi connectivity index (χ3v) is 2.76. The zero-order chi connectivity index (χ0) is 11.1. The summed E-state index contributed by atoms with van der Waals surface area (Å²) >= 11 is 5.27. The molecule has 0 rings (SSSR count). The Bertz CT molecular complexity index is 176. The summed E-state index contributed by atoms with van der Waals surface area (Å²) in [4.78, 5) is 2.08. The molecular weight excluding hydrogens is 196 g/mol. The number of methoxy groups -OCH3 is 1. The highest BCUT2D eigenvalue weighted by Crippen LogP contribution is 2.00. The number of nitrogens with zero attached hydrogens (tertiary/aromatic N) is 1. The highest BCUT2D eigenvalue weighted by atomic mass is 32.1. The molecule has 0 aliphatic carbocycles. The first-order chi connectivity index (χ1) is 6.52. The van der Waals surface area contributed by atoms with Gasteiger partial charge in [-0.25, -0.2) is 0 Å². The molecule has 2 unspecified atom stereocenters. The monoisotopic (exact) mass is 218 g/mol. The minimum atomic E-state index is 0.263. The van der Waals surface area contributed by atoms with Gasteiger partial charge in [-0.2, -0.15) is 0 Å². The lowest BCUT2D eigenvalue weighted by Crippen LogP contribution is -2.46. The largest absolute Gasteiger partial charge is 0.383 e. The van der Waals surface area contributed by atoms with Crippen molar-refractivity contribution in [3.63, 3.8) is 0 Å². The van der Waals surface area contributed by atoms with Gasteiger partial charge in [0, 0.05) is 26.2 Å². The van der Waals surface area contributed by atoms with Gasteiger partial charge in [0.05, 0.1) is 6.61 Å². The van der Waals surface area contributed by atoms with Crippen molar-refractivity contribution in [2.75, 3.05) is 20.8 Å². The van der Waals surface area contributed by atoms with E-state index in [4.69, 9.17) is 17.0 Å². The molecule has 4 heteroatoms. The maximum Gasteiger partial charge on any atom is 0.169 e. The average Bonchev–Trinajstić information content (AvgIpc) is 2.15. The molecule has 0 bridgehead atoms. The fourth-order valence-corrected chi connectivity index (χ4v) is 1.46. The highest BCUT2D eigenvalue weighted by molar-refractivity contribution is 7.80. The second-order valence-electron chi connectivity index (χ2n) is 3.67. The van der Waals surface area contributed by atoms with Gasteiger partial charge in [0.1, 0.15) is 0 Å². The molecule has 1 N–H and O–H groups in total. The SMILES string of the molecule is CCC(C)N(C)C(=S)NC(C)COC. The quantitative estimate of drug-likeness (QED) is 0.709. The van der Waals surface area contributed by atoms with E-state index in [2.05, 4.69) is 31.0 Å². The van der Waals surface area contributed by atoms with Crippen LogP contribution in [0.3, 0.4) is 0 Å². The van der Waals surface area contributed by atoms with Crippen LogP contribution in [0, 0.1) is 0 Å². The fraction of sp³-hybridized carbons (Fsp3) is 0.900. The smallest absolute Gasteiger partial charge is 0.169 e. The van der Waals surface area contributed by atoms with Crippen LogP contribution in [0.5, 0.6) is 0 Å². The maximum absolute atomic E-state index is 5.27. The van der Waals surface area contributed by atoms with Crippen LogP contribution < -0.4 is 5.32 Å². The van der Waals surface area contributed by atoms with Crippen molar-refractivity contribution >= 4 is 17.3 Å². The molecule has 2 atom stereocenters. The van der Waals surface area contributed by atoms with Gasteiger partial charge >= 0.3 is 0 Å². The van der Waals surface area contributed by atoms with Gasteiger partial charge in [0.15, 0.2) is 5.11 Å². The predicted molar refractivity (Wildman–Crippen MR) is 64.6 cm³/mol. The lowest BCUT2D eigenvalue weighted by molar-refractivity contribution is 0.177. The van der Waals surface area contributed by atoms with Crippen molar-refractivity contribution in [3.05, 3.63) is 0 Å². The topological polar surface area (TPSA) is 24.5 Å². The molecule has 0 aliphatic heterocycles. The molecule has 0 fully saturated rings. The lowest BCUT2D eigenvalue weighted by atomic mass is 10.2. The Morgan fingerprint density at radius 3 is 2.50 bits per heavy atom. The summed E-state index contributed by atoms with van der Waals surface area (Å²) < 4.78 is 5.03. The number of rotatable bonds is 5. The second-order valence-corrected chi connectivity index (χ2v) is 4.06. The Morgan fingerprint density at radius 2 is 2.07 bits per heavy atom. The van der Waals surface area contributed by atoms with Gasteiger partial charge in [0.2, 0.25) is 0 Å². The number of hydrogen-bond acceptors (Lipinski definition) is 2. The van der Waals surface area contributed by atoms with Crippen LogP contribution in [0.2, 0.25) is 0 Å². The number of hydrogen-bond donors (Lipinski definition) is 1. The van der Waals surface area contributed by atoms with Crippen molar-refractivity contribution in [2.24, 2.45) is 0 Å². The first-order valence-electron chi connectivity index (χ1n) is 5.05. The number of ether oxygens (including phenoxy) is 1. The molecule has 0 aromatic carbocycles. The third kappa shape index (κ3) is 4.77. The van der Waals surface area contributed by atoms with E-state index in [0.717, 1.165) is 11.5 Å². The van der Waals surface area contributed by atoms with E-state index in [1.165, 1.54) is 0 Å². The van der Waals surface area contributed by atoms with Gasteiger partial charge in [-0.3, -0.25) is 0 Å². The van der Waals surface area contributed by atoms with Gasteiger partial charge in [-0.15, -0.1) is 0 Å². The molecule has 0 aromatic heterocycles. The van der Waals surface area contributed by atoms with Crippen LogP contribution in [0.4, 0.5) is 0 Å². The van der Waals surface area contributed by atoms with Crippen LogP contribution in [-0.4, -0.2) is 42.9 Å². The molecule has 0 aromatic rings. The summed E-state index contributed by atoms with van der Waals surface area (Å²) in [6.07, 6.45) is 1.09. The molecule has 84 valence electrons. The van der Waals surface area contributed by atoms with Crippen molar-refractivity contribution < 1.29 is 4.74 Å². The predicted octanol–water partition coefficient (Wildman–Crippen LogP) is 1.63. The molecular formula is C10H22N2OS. The fourth-order valence-electron chi connectivity index (χ4n) is 1.08. The molecule has 0 saturated heterocycles. The Hall–Kier alpha value is -0.350. The molecule has 14 heavy (non-hydrogen) atoms. The Kier molecular flexibility index (Phi) is 6.83. The molecule has 3 nitrogen and oxygen atoms in total. The maximum atomic E-state index is 5.27. The van der Waals surface area contributed by atoms with E-state index >= 15 is 0 Å². The minimum Gasteiger partial charge on any atom is -0.383 e. The van der Waals surface area contributed by atoms with Gasteiger partial charge in [-0.1, -0.05) is 6.92 Å². The molecule has 0 amide bonds. The zero-order valence-corrected chi connectivity index (χ0v) is 10.6. The van der Waals surface area contributed by atoms with Crippen molar-refractivity contribution in [1.82, 2.24) is 10.2 Å². The average molecular weight is 218 g/mol. The first kappa shape index (κ1) is 13.7. The molecule has 0 radical (unpaired) electrons. The summed E-state index contributed by atoms with van der Waals surface area (Å²) in [6, 6.07) is 0.740. The molecule has 0 saturated carbocycles. The van der Waals surface area contributed by atoms with Crippen molar-refractivity contribution in [1.29, 1.82) is 0 Å². The third-order valence-electron chi connectivity index (χ3n) is 2.36. The summed E-state index contributed by atoms with van der Waals surface area (Å²) in [5.74, 6) is 0. The Balaban J connectivity index is 3.94. The van der Waals surface area contributed by atoms with Crippen LogP contribution in [-0.2, 0) is 4.74 Å². The van der Waals surface area contributed by atoms with E-state index in [-0.39, 0.29) is 6.04 Å². The van der Waals surface area contributed by atoms with Gasteiger partial charge in [-0.05, 0) is 32.5 Å². The first-order valence-corrected chi connectivity index (χ1v) is 5.46. The van der Waals surface area contributed by atoms with Crippen molar-refractivity contribution in [3.8, 4) is 0 Å². The van der Waals surface area contributed by atoms with E-state index in [9.17, 15) is 0 Å². The van der Waals surface area contributed by atoms with Crippen LogP contribution >= 0.6 is 12.2 Å². The summed E-state index contributed by atoms with van der Waals surface area (Å²) in [5, 5.41) is 4.02. The number of nitrogens with one attached hydrogen (secondary N) is 1. The normalized spacial score (nSPS) is 14.6. The van der Waals surface area contributed by atoms with Crippen LogP contribution in [0.1, 0.15) is 27.2 Å². The van der Waals surface area contributed by atoms with E-state index in [0.29, 0.717) is 12.6 Å². The van der Waals surface area contributed by atoms with E-state index < -0.39 is 0 Å². The van der Waals surface area contributed by atoms with E-state index in [1.54, 1.807) is 7.11 Å². The molecule has 0 aliphatic rings. The van der Waals surface area contributed by atoms with Crippen LogP contribution in [0.15, 0.2) is 0 Å². The molecule has 0 heterocycles.